The molecule has 1 aromatic rings. The molecule has 0 radical (unpaired) electrons. The van der Waals surface area contributed by atoms with Crippen LogP contribution in [0, 0.1) is 15.9 Å². The quantitative estimate of drug-likeness (QED) is 0.644. The van der Waals surface area contributed by atoms with E-state index in [4.69, 9.17) is 4.74 Å². The fraction of sp³-hybridized carbons (Fsp3) is 0.455. The number of nitro groups is 1. The third-order valence-corrected chi connectivity index (χ3v) is 2.67. The van der Waals surface area contributed by atoms with Crippen LogP contribution in [0.1, 0.15) is 5.56 Å². The van der Waals surface area contributed by atoms with Crippen molar-refractivity contribution in [3.63, 3.8) is 0 Å². The molecule has 1 N–H and O–H groups in total. The molecule has 2 rings (SSSR count). The van der Waals surface area contributed by atoms with Gasteiger partial charge in [0.15, 0.2) is 0 Å². The number of halogens is 1. The van der Waals surface area contributed by atoms with E-state index in [1.807, 2.05) is 5.01 Å². The van der Waals surface area contributed by atoms with Crippen molar-refractivity contribution in [2.24, 2.45) is 0 Å². The molecule has 0 bridgehead atoms. The summed E-state index contributed by atoms with van der Waals surface area (Å²) < 4.78 is 18.4. The Morgan fingerprint density at radius 2 is 2.11 bits per heavy atom. The number of hydrogen-bond donors (Lipinski definition) is 1. The monoisotopic (exact) mass is 255 g/mol. The Labute approximate surface area is 103 Å². The highest BCUT2D eigenvalue weighted by Gasteiger charge is 2.12. The average Bonchev–Trinajstić information content (AvgIpc) is 2.37. The van der Waals surface area contributed by atoms with E-state index in [2.05, 4.69) is 5.43 Å². The second-order valence-corrected chi connectivity index (χ2v) is 4.01. The van der Waals surface area contributed by atoms with E-state index >= 15 is 0 Å². The fourth-order valence-electron chi connectivity index (χ4n) is 1.77. The maximum absolute atomic E-state index is 13.2. The summed E-state index contributed by atoms with van der Waals surface area (Å²) in [7, 11) is 0. The highest BCUT2D eigenvalue weighted by atomic mass is 19.1. The summed E-state index contributed by atoms with van der Waals surface area (Å²) in [5.41, 5.74) is 3.42. The third kappa shape index (κ3) is 3.46. The minimum Gasteiger partial charge on any atom is -0.379 e. The van der Waals surface area contributed by atoms with Gasteiger partial charge < -0.3 is 4.74 Å². The maximum atomic E-state index is 13.2. The molecule has 18 heavy (non-hydrogen) atoms. The summed E-state index contributed by atoms with van der Waals surface area (Å²) in [6.07, 6.45) is 0. The van der Waals surface area contributed by atoms with Crippen molar-refractivity contribution >= 4 is 5.69 Å². The summed E-state index contributed by atoms with van der Waals surface area (Å²) in [4.78, 5) is 10.0. The molecule has 1 aliphatic rings. The molecule has 0 unspecified atom stereocenters. The van der Waals surface area contributed by atoms with Crippen LogP contribution < -0.4 is 5.43 Å². The van der Waals surface area contributed by atoms with Gasteiger partial charge in [0.1, 0.15) is 5.82 Å². The lowest BCUT2D eigenvalue weighted by atomic mass is 10.2. The number of non-ortho nitro benzene ring substituents is 1. The van der Waals surface area contributed by atoms with E-state index in [0.717, 1.165) is 19.2 Å². The number of nitrogens with one attached hydrogen (secondary N) is 1. The Balaban J connectivity index is 1.97. The number of benzene rings is 1. The van der Waals surface area contributed by atoms with Gasteiger partial charge in [-0.1, -0.05) is 0 Å². The predicted octanol–water partition coefficient (Wildman–Crippen LogP) is 1.07. The molecule has 1 aliphatic heterocycles. The number of rotatable bonds is 4. The van der Waals surface area contributed by atoms with Crippen LogP contribution in [0.3, 0.4) is 0 Å². The van der Waals surface area contributed by atoms with E-state index < -0.39 is 10.7 Å². The van der Waals surface area contributed by atoms with Crippen LogP contribution in [0.15, 0.2) is 18.2 Å². The summed E-state index contributed by atoms with van der Waals surface area (Å²) in [6, 6.07) is 3.58. The van der Waals surface area contributed by atoms with Crippen molar-refractivity contribution in [3.05, 3.63) is 39.7 Å². The molecular formula is C11H14FN3O3. The Hall–Kier alpha value is -1.57. The molecule has 98 valence electrons. The summed E-state index contributed by atoms with van der Waals surface area (Å²) >= 11 is 0. The Morgan fingerprint density at radius 3 is 2.78 bits per heavy atom. The Bertz CT molecular complexity index is 436. The number of hydrogen-bond acceptors (Lipinski definition) is 5. The second-order valence-electron chi connectivity index (χ2n) is 4.01. The van der Waals surface area contributed by atoms with Crippen molar-refractivity contribution in [1.82, 2.24) is 10.4 Å². The van der Waals surface area contributed by atoms with Crippen LogP contribution in [0.5, 0.6) is 0 Å². The predicted molar refractivity (Wildman–Crippen MR) is 62.3 cm³/mol. The fourth-order valence-corrected chi connectivity index (χ4v) is 1.77. The SMILES string of the molecule is O=[N+]([O-])c1cc(F)cc(CNN2CCOCC2)c1. The zero-order valence-corrected chi connectivity index (χ0v) is 9.76. The first kappa shape index (κ1) is 12.9. The smallest absolute Gasteiger partial charge is 0.272 e. The lowest BCUT2D eigenvalue weighted by Gasteiger charge is -2.27. The van der Waals surface area contributed by atoms with E-state index in [0.29, 0.717) is 25.3 Å². The molecule has 0 atom stereocenters. The van der Waals surface area contributed by atoms with Gasteiger partial charge in [-0.05, 0) is 11.6 Å². The lowest BCUT2D eigenvalue weighted by Crippen LogP contribution is -2.45. The number of ether oxygens (including phenoxy) is 1. The van der Waals surface area contributed by atoms with Gasteiger partial charge in [-0.25, -0.2) is 9.40 Å². The average molecular weight is 255 g/mol. The molecule has 0 amide bonds. The lowest BCUT2D eigenvalue weighted by molar-refractivity contribution is -0.385. The topological polar surface area (TPSA) is 67.6 Å². The normalized spacial score (nSPS) is 16.7. The first-order valence-corrected chi connectivity index (χ1v) is 5.65. The van der Waals surface area contributed by atoms with Crippen LogP contribution in [-0.4, -0.2) is 36.2 Å². The van der Waals surface area contributed by atoms with Crippen molar-refractivity contribution in [2.75, 3.05) is 26.3 Å². The molecule has 0 spiro atoms. The standard InChI is InChI=1S/C11H14FN3O3/c12-10-5-9(6-11(7-10)15(16)17)8-13-14-1-3-18-4-2-14/h5-7,13H,1-4,8H2. The number of nitrogens with zero attached hydrogens (tertiary/aromatic N) is 2. The molecule has 6 nitrogen and oxygen atoms in total. The van der Waals surface area contributed by atoms with Gasteiger partial charge in [0.25, 0.3) is 5.69 Å². The summed E-state index contributed by atoms with van der Waals surface area (Å²) in [6.45, 7) is 3.15. The van der Waals surface area contributed by atoms with Gasteiger partial charge in [-0.2, -0.15) is 0 Å². The van der Waals surface area contributed by atoms with Crippen LogP contribution in [0.4, 0.5) is 10.1 Å². The number of morpholine rings is 1. The maximum Gasteiger partial charge on any atom is 0.272 e. The molecule has 0 aliphatic carbocycles. The zero-order chi connectivity index (χ0) is 13.0. The highest BCUT2D eigenvalue weighted by Crippen LogP contribution is 2.16. The largest absolute Gasteiger partial charge is 0.379 e. The minimum atomic E-state index is -0.596. The van der Waals surface area contributed by atoms with Gasteiger partial charge >= 0.3 is 0 Å². The highest BCUT2D eigenvalue weighted by molar-refractivity contribution is 5.35. The van der Waals surface area contributed by atoms with Crippen molar-refractivity contribution < 1.29 is 14.1 Å². The second kappa shape index (κ2) is 5.85. The molecular weight excluding hydrogens is 241 g/mol. The van der Waals surface area contributed by atoms with E-state index in [1.165, 1.54) is 12.1 Å². The summed E-state index contributed by atoms with van der Waals surface area (Å²) in [5, 5.41) is 12.6. The van der Waals surface area contributed by atoms with Crippen LogP contribution in [0.25, 0.3) is 0 Å². The molecule has 0 aromatic heterocycles. The molecule has 1 fully saturated rings. The van der Waals surface area contributed by atoms with Crippen molar-refractivity contribution in [3.8, 4) is 0 Å². The van der Waals surface area contributed by atoms with Crippen molar-refractivity contribution in [1.29, 1.82) is 0 Å². The number of nitro benzene ring substituents is 1. The van der Waals surface area contributed by atoms with Crippen LogP contribution in [-0.2, 0) is 11.3 Å². The van der Waals surface area contributed by atoms with E-state index in [1.54, 1.807) is 0 Å². The van der Waals surface area contributed by atoms with Gasteiger partial charge in [-0.3, -0.25) is 15.5 Å². The van der Waals surface area contributed by atoms with E-state index in [9.17, 15) is 14.5 Å². The molecule has 1 aromatic carbocycles. The molecule has 1 heterocycles. The van der Waals surface area contributed by atoms with Gasteiger partial charge in [-0.15, -0.1) is 0 Å². The summed E-state index contributed by atoms with van der Waals surface area (Å²) in [5.74, 6) is -0.594. The molecule has 0 saturated carbocycles. The van der Waals surface area contributed by atoms with E-state index in [-0.39, 0.29) is 5.69 Å². The van der Waals surface area contributed by atoms with Crippen LogP contribution in [0.2, 0.25) is 0 Å². The van der Waals surface area contributed by atoms with Gasteiger partial charge in [0.05, 0.1) is 24.2 Å². The van der Waals surface area contributed by atoms with Gasteiger partial charge in [0.2, 0.25) is 0 Å². The minimum absolute atomic E-state index is 0.228. The van der Waals surface area contributed by atoms with Crippen molar-refractivity contribution in [2.45, 2.75) is 6.54 Å². The number of hydrazine groups is 1. The third-order valence-electron chi connectivity index (χ3n) is 2.67. The molecule has 7 heteroatoms. The Kier molecular flexibility index (Phi) is 4.19. The first-order chi connectivity index (χ1) is 8.65. The first-order valence-electron chi connectivity index (χ1n) is 5.65. The molecule has 1 saturated heterocycles. The van der Waals surface area contributed by atoms with Crippen LogP contribution >= 0.6 is 0 Å². The Morgan fingerprint density at radius 1 is 1.39 bits per heavy atom. The zero-order valence-electron chi connectivity index (χ0n) is 9.76. The van der Waals surface area contributed by atoms with Gasteiger partial charge in [0, 0.05) is 25.7 Å².